The molecule has 1 saturated heterocycles. The molecule has 150 valence electrons. The summed E-state index contributed by atoms with van der Waals surface area (Å²) in [7, 11) is 0. The number of nitrogens with zero attached hydrogens (tertiary/aromatic N) is 1. The maximum Gasteiger partial charge on any atom is 0.222 e. The van der Waals surface area contributed by atoms with Crippen LogP contribution in [0.1, 0.15) is 89.0 Å². The molecular weight excluding hydrogens is 330 g/mol. The number of likely N-dealkylation sites (tertiary alicyclic amines) is 1. The van der Waals surface area contributed by atoms with Crippen molar-refractivity contribution in [2.24, 2.45) is 0 Å². The van der Waals surface area contributed by atoms with E-state index in [4.69, 9.17) is 0 Å². The maximum absolute atomic E-state index is 11.9. The third-order valence-electron chi connectivity index (χ3n) is 5.57. The molecule has 1 aromatic rings. The predicted molar refractivity (Wildman–Crippen MR) is 116 cm³/mol. The molecule has 0 radical (unpaired) electrons. The minimum atomic E-state index is 0.388. The van der Waals surface area contributed by atoms with Gasteiger partial charge in [-0.3, -0.25) is 4.79 Å². The van der Waals surface area contributed by atoms with E-state index in [2.05, 4.69) is 42.5 Å². The van der Waals surface area contributed by atoms with Crippen LogP contribution in [-0.4, -0.2) is 23.9 Å². The molecule has 0 aliphatic carbocycles. The highest BCUT2D eigenvalue weighted by Crippen LogP contribution is 2.13. The Labute approximate surface area is 167 Å². The van der Waals surface area contributed by atoms with Gasteiger partial charge < -0.3 is 4.90 Å². The van der Waals surface area contributed by atoms with Gasteiger partial charge in [-0.25, -0.2) is 0 Å². The van der Waals surface area contributed by atoms with E-state index in [9.17, 15) is 4.79 Å². The molecule has 1 aromatic carbocycles. The molecular formula is C25H39NO. The predicted octanol–water partition coefficient (Wildman–Crippen LogP) is 6.70. The van der Waals surface area contributed by atoms with Gasteiger partial charge in [-0.05, 0) is 63.4 Å². The Balaban J connectivity index is 1.31. The number of benzene rings is 1. The molecule has 0 atom stereocenters. The number of hydrogen-bond donors (Lipinski definition) is 0. The fourth-order valence-corrected chi connectivity index (χ4v) is 3.84. The average molecular weight is 370 g/mol. The normalized spacial score (nSPS) is 14.3. The molecule has 0 unspecified atom stereocenters. The van der Waals surface area contributed by atoms with Crippen LogP contribution in [0.15, 0.2) is 42.5 Å². The fraction of sp³-hybridized carbons (Fsp3) is 0.640. The van der Waals surface area contributed by atoms with Gasteiger partial charge in [0, 0.05) is 19.5 Å². The highest BCUT2D eigenvalue weighted by atomic mass is 16.2. The zero-order chi connectivity index (χ0) is 19.0. The van der Waals surface area contributed by atoms with E-state index < -0.39 is 0 Å². The Kier molecular flexibility index (Phi) is 11.7. The van der Waals surface area contributed by atoms with E-state index in [1.54, 1.807) is 0 Å². The quantitative estimate of drug-likeness (QED) is 0.264. The molecule has 0 spiro atoms. The SMILES string of the molecule is O=C(CCCCCCC/C=C/CCCCCc1ccccc1)N1CCCC1. The lowest BCUT2D eigenvalue weighted by Crippen LogP contribution is -2.27. The Morgan fingerprint density at radius 2 is 1.37 bits per heavy atom. The molecule has 2 rings (SSSR count). The van der Waals surface area contributed by atoms with Crippen LogP contribution in [0.4, 0.5) is 0 Å². The van der Waals surface area contributed by atoms with E-state index in [-0.39, 0.29) is 0 Å². The second-order valence-corrected chi connectivity index (χ2v) is 7.95. The summed E-state index contributed by atoms with van der Waals surface area (Å²) in [4.78, 5) is 14.0. The summed E-state index contributed by atoms with van der Waals surface area (Å²) in [5.74, 6) is 0.388. The summed E-state index contributed by atoms with van der Waals surface area (Å²) in [6, 6.07) is 10.8. The smallest absolute Gasteiger partial charge is 0.222 e. The van der Waals surface area contributed by atoms with Gasteiger partial charge in [-0.1, -0.05) is 68.2 Å². The first kappa shape index (κ1) is 21.7. The first-order chi connectivity index (χ1) is 13.4. The molecule has 2 heteroatoms. The second kappa shape index (κ2) is 14.5. The van der Waals surface area contributed by atoms with Crippen molar-refractivity contribution < 1.29 is 4.79 Å². The largest absolute Gasteiger partial charge is 0.343 e. The van der Waals surface area contributed by atoms with Crippen molar-refractivity contribution in [2.45, 2.75) is 89.9 Å². The van der Waals surface area contributed by atoms with Crippen molar-refractivity contribution in [1.29, 1.82) is 0 Å². The summed E-state index contributed by atoms with van der Waals surface area (Å²) < 4.78 is 0. The van der Waals surface area contributed by atoms with Crippen molar-refractivity contribution in [1.82, 2.24) is 4.90 Å². The number of hydrogen-bond acceptors (Lipinski definition) is 1. The fourth-order valence-electron chi connectivity index (χ4n) is 3.84. The molecule has 2 nitrogen and oxygen atoms in total. The van der Waals surface area contributed by atoms with Crippen LogP contribution in [0, 0.1) is 0 Å². The van der Waals surface area contributed by atoms with Crippen LogP contribution in [-0.2, 0) is 11.2 Å². The van der Waals surface area contributed by atoms with Gasteiger partial charge in [0.25, 0.3) is 0 Å². The van der Waals surface area contributed by atoms with E-state index in [1.807, 2.05) is 4.90 Å². The standard InChI is InChI=1S/C25H39NO/c27-25(26-22-16-17-23-26)21-15-10-8-6-4-2-1-3-5-7-9-12-18-24-19-13-11-14-20-24/h1,3,11,13-14,19-20H,2,4-10,12,15-18,21-23H2/b3-1+. The van der Waals surface area contributed by atoms with E-state index in [1.165, 1.54) is 82.6 Å². The molecule has 1 aliphatic heterocycles. The first-order valence-corrected chi connectivity index (χ1v) is 11.3. The van der Waals surface area contributed by atoms with Crippen LogP contribution in [0.5, 0.6) is 0 Å². The zero-order valence-electron chi connectivity index (χ0n) is 17.2. The molecule has 0 aromatic heterocycles. The molecule has 0 N–H and O–H groups in total. The van der Waals surface area contributed by atoms with Crippen LogP contribution < -0.4 is 0 Å². The summed E-state index contributed by atoms with van der Waals surface area (Å²) >= 11 is 0. The molecule has 0 saturated carbocycles. The number of unbranched alkanes of at least 4 members (excludes halogenated alkanes) is 8. The summed E-state index contributed by atoms with van der Waals surface area (Å²) in [5, 5.41) is 0. The lowest BCUT2D eigenvalue weighted by Gasteiger charge is -2.14. The van der Waals surface area contributed by atoms with Crippen molar-refractivity contribution >= 4 is 5.91 Å². The second-order valence-electron chi connectivity index (χ2n) is 7.95. The molecule has 27 heavy (non-hydrogen) atoms. The van der Waals surface area contributed by atoms with Gasteiger partial charge in [0.1, 0.15) is 0 Å². The van der Waals surface area contributed by atoms with Gasteiger partial charge in [0.2, 0.25) is 5.91 Å². The van der Waals surface area contributed by atoms with Crippen molar-refractivity contribution in [3.05, 3.63) is 48.0 Å². The summed E-state index contributed by atoms with van der Waals surface area (Å²) in [6.45, 7) is 2.00. The van der Waals surface area contributed by atoms with E-state index in [0.29, 0.717) is 5.91 Å². The highest BCUT2D eigenvalue weighted by Gasteiger charge is 2.16. The molecule has 0 bridgehead atoms. The Bertz CT molecular complexity index is 516. The molecule has 1 aliphatic rings. The van der Waals surface area contributed by atoms with Gasteiger partial charge >= 0.3 is 0 Å². The van der Waals surface area contributed by atoms with E-state index in [0.717, 1.165) is 25.9 Å². The van der Waals surface area contributed by atoms with Gasteiger partial charge in [-0.2, -0.15) is 0 Å². The maximum atomic E-state index is 11.9. The Morgan fingerprint density at radius 1 is 0.778 bits per heavy atom. The lowest BCUT2D eigenvalue weighted by molar-refractivity contribution is -0.130. The Hall–Kier alpha value is -1.57. The van der Waals surface area contributed by atoms with Crippen LogP contribution >= 0.6 is 0 Å². The lowest BCUT2D eigenvalue weighted by atomic mass is 10.1. The topological polar surface area (TPSA) is 20.3 Å². The van der Waals surface area contributed by atoms with Gasteiger partial charge in [0.15, 0.2) is 0 Å². The molecule has 1 heterocycles. The number of carbonyl (C=O) groups is 1. The number of aryl methyl sites for hydroxylation is 1. The minimum absolute atomic E-state index is 0.388. The Morgan fingerprint density at radius 3 is 2.07 bits per heavy atom. The highest BCUT2D eigenvalue weighted by molar-refractivity contribution is 5.76. The van der Waals surface area contributed by atoms with Crippen molar-refractivity contribution in [3.63, 3.8) is 0 Å². The van der Waals surface area contributed by atoms with Crippen LogP contribution in [0.25, 0.3) is 0 Å². The van der Waals surface area contributed by atoms with Gasteiger partial charge in [0.05, 0.1) is 0 Å². The molecule has 1 fully saturated rings. The van der Waals surface area contributed by atoms with Crippen LogP contribution in [0.3, 0.4) is 0 Å². The van der Waals surface area contributed by atoms with Crippen molar-refractivity contribution in [2.75, 3.05) is 13.1 Å². The van der Waals surface area contributed by atoms with E-state index >= 15 is 0 Å². The third kappa shape index (κ3) is 10.4. The average Bonchev–Trinajstić information content (AvgIpc) is 3.24. The molecule has 1 amide bonds. The third-order valence-corrected chi connectivity index (χ3v) is 5.57. The zero-order valence-corrected chi connectivity index (χ0v) is 17.2. The number of amides is 1. The number of carbonyl (C=O) groups excluding carboxylic acids is 1. The van der Waals surface area contributed by atoms with Crippen LogP contribution in [0.2, 0.25) is 0 Å². The van der Waals surface area contributed by atoms with Gasteiger partial charge in [-0.15, -0.1) is 0 Å². The summed E-state index contributed by atoms with van der Waals surface area (Å²) in [5.41, 5.74) is 1.47. The summed E-state index contributed by atoms with van der Waals surface area (Å²) in [6.07, 6.45) is 21.7. The number of rotatable bonds is 14. The number of allylic oxidation sites excluding steroid dienone is 2. The first-order valence-electron chi connectivity index (χ1n) is 11.3. The minimum Gasteiger partial charge on any atom is -0.343 e. The van der Waals surface area contributed by atoms with Crippen molar-refractivity contribution in [3.8, 4) is 0 Å². The monoisotopic (exact) mass is 369 g/mol.